The lowest BCUT2D eigenvalue weighted by Crippen LogP contribution is -3.18. The molecular formula is C25H29N4O2+. The van der Waals surface area contributed by atoms with Crippen LogP contribution in [0.3, 0.4) is 0 Å². The van der Waals surface area contributed by atoms with Crippen molar-refractivity contribution in [3.05, 3.63) is 58.0 Å². The smallest absolute Gasteiger partial charge is 0.250 e. The maximum Gasteiger partial charge on any atom is 0.250 e. The van der Waals surface area contributed by atoms with Crippen LogP contribution in [0.2, 0.25) is 0 Å². The molecule has 1 aromatic carbocycles. The molecule has 0 spiro atoms. The average Bonchev–Trinajstić information content (AvgIpc) is 2.79. The number of benzene rings is 1. The summed E-state index contributed by atoms with van der Waals surface area (Å²) < 4.78 is 1.98. The number of carbonyl (C=O) groups excluding carboxylic acids is 1. The summed E-state index contributed by atoms with van der Waals surface area (Å²) in [5, 5.41) is 9.64. The molecule has 1 aromatic heterocycles. The fraction of sp³-hybridized carbons (Fsp3) is 0.480. The second kappa shape index (κ2) is 7.97. The van der Waals surface area contributed by atoms with Crippen molar-refractivity contribution >= 4 is 5.91 Å². The van der Waals surface area contributed by atoms with Crippen LogP contribution in [0.1, 0.15) is 43.4 Å². The van der Waals surface area contributed by atoms with Crippen LogP contribution in [-0.4, -0.2) is 47.6 Å². The van der Waals surface area contributed by atoms with Crippen molar-refractivity contribution in [1.29, 1.82) is 5.26 Å². The van der Waals surface area contributed by atoms with E-state index in [4.69, 9.17) is 0 Å². The first-order valence-corrected chi connectivity index (χ1v) is 11.4. The first kappa shape index (κ1) is 20.0. The zero-order chi connectivity index (χ0) is 21.5. The van der Waals surface area contributed by atoms with E-state index in [0.717, 1.165) is 68.8 Å². The summed E-state index contributed by atoms with van der Waals surface area (Å²) in [6.45, 7) is 6.26. The summed E-state index contributed by atoms with van der Waals surface area (Å²) in [5.74, 6) is 1.01. The molecular weight excluding hydrogens is 388 g/mol. The van der Waals surface area contributed by atoms with Crippen LogP contribution in [0, 0.1) is 17.2 Å². The average molecular weight is 418 g/mol. The molecule has 160 valence electrons. The summed E-state index contributed by atoms with van der Waals surface area (Å²) in [6.07, 6.45) is 3.22. The van der Waals surface area contributed by atoms with Gasteiger partial charge in [0.2, 0.25) is 5.91 Å². The number of hydrogen-bond acceptors (Lipinski definition) is 3. The minimum Gasteiger partial charge on any atom is -0.342 e. The SMILES string of the molecule is CC(=O)N1CCC([NH+]2C[C@@H]3C[C@H](C2)c2c(-c4ccccc4C#N)ccc(=O)n2C3)CC1. The van der Waals surface area contributed by atoms with Gasteiger partial charge < -0.3 is 14.4 Å². The normalized spacial score (nSPS) is 25.5. The van der Waals surface area contributed by atoms with E-state index < -0.39 is 0 Å². The maximum atomic E-state index is 12.8. The zero-order valence-electron chi connectivity index (χ0n) is 18.0. The topological polar surface area (TPSA) is 70.5 Å². The van der Waals surface area contributed by atoms with Gasteiger partial charge in [-0.25, -0.2) is 0 Å². The van der Waals surface area contributed by atoms with Crippen LogP contribution >= 0.6 is 0 Å². The number of quaternary nitrogens is 1. The highest BCUT2D eigenvalue weighted by molar-refractivity contribution is 5.73. The predicted octanol–water partition coefficient (Wildman–Crippen LogP) is 1.40. The molecule has 0 saturated carbocycles. The maximum absolute atomic E-state index is 12.8. The summed E-state index contributed by atoms with van der Waals surface area (Å²) in [5.41, 5.74) is 3.80. The molecule has 2 saturated heterocycles. The number of amides is 1. The Kier molecular flexibility index (Phi) is 5.15. The van der Waals surface area contributed by atoms with Gasteiger partial charge in [0, 0.05) is 74.1 Å². The molecule has 4 heterocycles. The summed E-state index contributed by atoms with van der Waals surface area (Å²) >= 11 is 0. The van der Waals surface area contributed by atoms with E-state index in [9.17, 15) is 14.9 Å². The molecule has 31 heavy (non-hydrogen) atoms. The lowest BCUT2D eigenvalue weighted by atomic mass is 9.79. The van der Waals surface area contributed by atoms with E-state index in [-0.39, 0.29) is 11.5 Å². The van der Waals surface area contributed by atoms with E-state index in [1.54, 1.807) is 17.9 Å². The van der Waals surface area contributed by atoms with Gasteiger partial charge >= 0.3 is 0 Å². The van der Waals surface area contributed by atoms with Crippen LogP contribution in [0.15, 0.2) is 41.2 Å². The molecule has 0 aliphatic carbocycles. The van der Waals surface area contributed by atoms with Gasteiger partial charge in [-0.05, 0) is 18.6 Å². The number of nitrogens with one attached hydrogen (secondary N) is 1. The molecule has 3 aliphatic rings. The number of nitrogens with zero attached hydrogens (tertiary/aromatic N) is 3. The third-order valence-corrected chi connectivity index (χ3v) is 7.59. The van der Waals surface area contributed by atoms with E-state index in [0.29, 0.717) is 23.4 Å². The molecule has 3 aliphatic heterocycles. The van der Waals surface area contributed by atoms with Gasteiger partial charge in [0.05, 0.1) is 30.8 Å². The second-order valence-electron chi connectivity index (χ2n) is 9.38. The van der Waals surface area contributed by atoms with E-state index in [2.05, 4.69) is 6.07 Å². The van der Waals surface area contributed by atoms with Crippen molar-refractivity contribution in [1.82, 2.24) is 9.47 Å². The number of likely N-dealkylation sites (tertiary alicyclic amines) is 2. The molecule has 6 nitrogen and oxygen atoms in total. The van der Waals surface area contributed by atoms with E-state index in [1.165, 1.54) is 0 Å². The lowest BCUT2D eigenvalue weighted by Gasteiger charge is -2.45. The predicted molar refractivity (Wildman–Crippen MR) is 118 cm³/mol. The Hall–Kier alpha value is -2.91. The Balaban J connectivity index is 1.48. The summed E-state index contributed by atoms with van der Waals surface area (Å²) in [6, 6.07) is 14.2. The molecule has 5 rings (SSSR count). The number of aromatic nitrogens is 1. The molecule has 1 unspecified atom stereocenters. The van der Waals surface area contributed by atoms with E-state index in [1.807, 2.05) is 39.8 Å². The van der Waals surface area contributed by atoms with Crippen LogP contribution < -0.4 is 10.5 Å². The zero-order valence-corrected chi connectivity index (χ0v) is 18.0. The number of hydrogen-bond donors (Lipinski definition) is 1. The number of rotatable bonds is 2. The third-order valence-electron chi connectivity index (χ3n) is 7.59. The number of piperidine rings is 2. The van der Waals surface area contributed by atoms with Crippen LogP contribution in [0.5, 0.6) is 0 Å². The molecule has 3 atom stereocenters. The standard InChI is InChI=1S/C25H28N4O2/c1-17(30)27-10-8-21(9-11-27)28-14-18-12-20(16-28)25-23(6-7-24(31)29(25)15-18)22-5-3-2-4-19(22)13-26/h2-7,18,20-21H,8-12,14-16H2,1H3/p+1/t18-,20+/m0/s1. The number of nitriles is 1. The Morgan fingerprint density at radius 2 is 1.87 bits per heavy atom. The quantitative estimate of drug-likeness (QED) is 0.803. The Labute approximate surface area is 182 Å². The van der Waals surface area contributed by atoms with Gasteiger partial charge in [-0.1, -0.05) is 18.2 Å². The minimum absolute atomic E-state index is 0.0705. The number of pyridine rings is 1. The van der Waals surface area contributed by atoms with Crippen molar-refractivity contribution in [3.8, 4) is 17.2 Å². The largest absolute Gasteiger partial charge is 0.342 e. The Bertz CT molecular complexity index is 1110. The molecule has 2 aromatic rings. The first-order chi connectivity index (χ1) is 15.0. The van der Waals surface area contributed by atoms with Gasteiger partial charge in [0.25, 0.3) is 5.56 Å². The minimum atomic E-state index is 0.0705. The summed E-state index contributed by atoms with van der Waals surface area (Å²) in [4.78, 5) is 28.1. The second-order valence-corrected chi connectivity index (χ2v) is 9.38. The summed E-state index contributed by atoms with van der Waals surface area (Å²) in [7, 11) is 0. The molecule has 1 amide bonds. The molecule has 0 radical (unpaired) electrons. The van der Waals surface area contributed by atoms with Crippen molar-refractivity contribution in [2.45, 2.75) is 44.7 Å². The van der Waals surface area contributed by atoms with E-state index >= 15 is 0 Å². The highest BCUT2D eigenvalue weighted by atomic mass is 16.2. The van der Waals surface area contributed by atoms with Crippen molar-refractivity contribution < 1.29 is 9.69 Å². The Morgan fingerprint density at radius 3 is 2.61 bits per heavy atom. The highest BCUT2D eigenvalue weighted by Gasteiger charge is 2.42. The van der Waals surface area contributed by atoms with Gasteiger partial charge in [-0.2, -0.15) is 5.26 Å². The van der Waals surface area contributed by atoms with Gasteiger partial charge in [0.1, 0.15) is 0 Å². The van der Waals surface area contributed by atoms with Crippen molar-refractivity contribution in [3.63, 3.8) is 0 Å². The van der Waals surface area contributed by atoms with Crippen LogP contribution in [-0.2, 0) is 11.3 Å². The Morgan fingerprint density at radius 1 is 1.10 bits per heavy atom. The fourth-order valence-corrected chi connectivity index (χ4v) is 6.15. The lowest BCUT2D eigenvalue weighted by molar-refractivity contribution is -0.937. The molecule has 2 bridgehead atoms. The van der Waals surface area contributed by atoms with Crippen molar-refractivity contribution in [2.24, 2.45) is 5.92 Å². The number of carbonyl (C=O) groups is 1. The van der Waals surface area contributed by atoms with Gasteiger partial charge in [0.15, 0.2) is 0 Å². The number of fused-ring (bicyclic) bond motifs is 4. The van der Waals surface area contributed by atoms with Crippen LogP contribution in [0.25, 0.3) is 11.1 Å². The molecule has 2 fully saturated rings. The third kappa shape index (κ3) is 3.57. The van der Waals surface area contributed by atoms with Gasteiger partial charge in [-0.15, -0.1) is 0 Å². The molecule has 1 N–H and O–H groups in total. The molecule has 6 heteroatoms. The monoisotopic (exact) mass is 417 g/mol. The highest BCUT2D eigenvalue weighted by Crippen LogP contribution is 2.38. The van der Waals surface area contributed by atoms with Crippen LogP contribution in [0.4, 0.5) is 0 Å². The first-order valence-electron chi connectivity index (χ1n) is 11.4. The fourth-order valence-electron chi connectivity index (χ4n) is 6.15. The van der Waals surface area contributed by atoms with Gasteiger partial charge in [-0.3, -0.25) is 9.59 Å². The van der Waals surface area contributed by atoms with Crippen molar-refractivity contribution in [2.75, 3.05) is 26.2 Å².